The maximum Gasteiger partial charge on any atom is 0.221 e. The fraction of sp³-hybridized carbons (Fsp3) is 0.333. The lowest BCUT2D eigenvalue weighted by molar-refractivity contribution is -0.121. The van der Waals surface area contributed by atoms with Gasteiger partial charge in [0.15, 0.2) is 0 Å². The second kappa shape index (κ2) is 8.52. The third-order valence-corrected chi connectivity index (χ3v) is 4.45. The van der Waals surface area contributed by atoms with E-state index in [0.29, 0.717) is 19.5 Å². The molecule has 5 nitrogen and oxygen atoms in total. The van der Waals surface area contributed by atoms with Crippen molar-refractivity contribution in [1.82, 2.24) is 15.1 Å². The van der Waals surface area contributed by atoms with E-state index >= 15 is 0 Å². The van der Waals surface area contributed by atoms with E-state index in [-0.39, 0.29) is 5.91 Å². The third kappa shape index (κ3) is 4.63. The van der Waals surface area contributed by atoms with E-state index in [1.807, 2.05) is 29.1 Å². The minimum Gasteiger partial charge on any atom is -0.497 e. The average Bonchev–Trinajstić information content (AvgIpc) is 3.05. The first kappa shape index (κ1) is 18.0. The summed E-state index contributed by atoms with van der Waals surface area (Å²) in [4.78, 5) is 12.1. The summed E-state index contributed by atoms with van der Waals surface area (Å²) in [5.41, 5.74) is 3.50. The largest absolute Gasteiger partial charge is 0.497 e. The SMILES string of the molecule is COc1cccc(CCCNC(=O)CCn2ncc3cc(C)ccc32)c1. The fourth-order valence-corrected chi connectivity index (χ4v) is 3.03. The zero-order chi connectivity index (χ0) is 18.4. The monoisotopic (exact) mass is 351 g/mol. The molecular formula is C21H25N3O2. The summed E-state index contributed by atoms with van der Waals surface area (Å²) >= 11 is 0. The molecule has 1 N–H and O–H groups in total. The van der Waals surface area contributed by atoms with E-state index in [1.165, 1.54) is 11.1 Å². The summed E-state index contributed by atoms with van der Waals surface area (Å²) < 4.78 is 7.12. The number of hydrogen-bond donors (Lipinski definition) is 1. The first-order valence-corrected chi connectivity index (χ1v) is 8.97. The standard InChI is InChI=1S/C21H25N3O2/c1-16-8-9-20-18(13-16)15-23-24(20)12-10-21(25)22-11-4-6-17-5-3-7-19(14-17)26-2/h3,5,7-9,13-15H,4,6,10-12H2,1-2H3,(H,22,25). The smallest absolute Gasteiger partial charge is 0.221 e. The van der Waals surface area contributed by atoms with Crippen LogP contribution >= 0.6 is 0 Å². The number of aromatic nitrogens is 2. The molecule has 0 aliphatic rings. The van der Waals surface area contributed by atoms with Crippen molar-refractivity contribution in [2.24, 2.45) is 0 Å². The number of carbonyl (C=O) groups excluding carboxylic acids is 1. The molecule has 1 heterocycles. The Hall–Kier alpha value is -2.82. The van der Waals surface area contributed by atoms with Crippen molar-refractivity contribution < 1.29 is 9.53 Å². The quantitative estimate of drug-likeness (QED) is 0.632. The molecule has 0 bridgehead atoms. The second-order valence-corrected chi connectivity index (χ2v) is 6.49. The molecule has 2 aromatic carbocycles. The molecule has 0 unspecified atom stereocenters. The van der Waals surface area contributed by atoms with Crippen LogP contribution in [0.1, 0.15) is 24.0 Å². The van der Waals surface area contributed by atoms with Gasteiger partial charge in [0.05, 0.1) is 25.4 Å². The molecule has 0 saturated carbocycles. The van der Waals surface area contributed by atoms with Crippen molar-refractivity contribution in [2.45, 2.75) is 32.7 Å². The predicted octanol–water partition coefficient (Wildman–Crippen LogP) is 3.49. The van der Waals surface area contributed by atoms with Gasteiger partial charge in [-0.15, -0.1) is 0 Å². The number of nitrogens with zero attached hydrogens (tertiary/aromatic N) is 2. The Labute approximate surface area is 154 Å². The summed E-state index contributed by atoms with van der Waals surface area (Å²) in [6.07, 6.45) is 4.11. The van der Waals surface area contributed by atoms with Crippen LogP contribution in [0.4, 0.5) is 0 Å². The molecule has 1 aromatic heterocycles. The molecule has 0 atom stereocenters. The molecule has 136 valence electrons. The van der Waals surface area contributed by atoms with Crippen molar-refractivity contribution in [1.29, 1.82) is 0 Å². The Morgan fingerprint density at radius 2 is 2.12 bits per heavy atom. The number of rotatable bonds is 8. The van der Waals surface area contributed by atoms with Gasteiger partial charge in [-0.2, -0.15) is 5.10 Å². The van der Waals surface area contributed by atoms with E-state index in [9.17, 15) is 4.79 Å². The van der Waals surface area contributed by atoms with Crippen LogP contribution in [0.25, 0.3) is 10.9 Å². The first-order chi connectivity index (χ1) is 12.7. The van der Waals surface area contributed by atoms with Crippen LogP contribution in [0.15, 0.2) is 48.7 Å². The minimum atomic E-state index is 0.0615. The van der Waals surface area contributed by atoms with E-state index < -0.39 is 0 Å². The van der Waals surface area contributed by atoms with Crippen LogP contribution in [0, 0.1) is 6.92 Å². The molecular weight excluding hydrogens is 326 g/mol. The number of methoxy groups -OCH3 is 1. The van der Waals surface area contributed by atoms with Crippen LogP contribution < -0.4 is 10.1 Å². The fourth-order valence-electron chi connectivity index (χ4n) is 3.03. The van der Waals surface area contributed by atoms with Gasteiger partial charge in [-0.1, -0.05) is 23.8 Å². The number of hydrogen-bond acceptors (Lipinski definition) is 3. The van der Waals surface area contributed by atoms with Gasteiger partial charge < -0.3 is 10.1 Å². The Morgan fingerprint density at radius 1 is 1.23 bits per heavy atom. The van der Waals surface area contributed by atoms with Crippen LogP contribution in [-0.4, -0.2) is 29.3 Å². The summed E-state index contributed by atoms with van der Waals surface area (Å²) in [6, 6.07) is 14.3. The van der Waals surface area contributed by atoms with Gasteiger partial charge in [-0.3, -0.25) is 9.48 Å². The van der Waals surface area contributed by atoms with Crippen molar-refractivity contribution in [3.05, 3.63) is 59.8 Å². The molecule has 0 spiro atoms. The predicted molar refractivity (Wildman–Crippen MR) is 103 cm³/mol. The number of fused-ring (bicyclic) bond motifs is 1. The molecule has 0 saturated heterocycles. The van der Waals surface area contributed by atoms with Crippen LogP contribution in [0.2, 0.25) is 0 Å². The summed E-state index contributed by atoms with van der Waals surface area (Å²) in [5, 5.41) is 8.49. The minimum absolute atomic E-state index is 0.0615. The van der Waals surface area contributed by atoms with Gasteiger partial charge in [0.1, 0.15) is 5.75 Å². The Bertz CT molecular complexity index is 886. The zero-order valence-electron chi connectivity index (χ0n) is 15.4. The lowest BCUT2D eigenvalue weighted by Crippen LogP contribution is -2.25. The number of amides is 1. The molecule has 3 aromatic rings. The lowest BCUT2D eigenvalue weighted by atomic mass is 10.1. The van der Waals surface area contributed by atoms with E-state index in [4.69, 9.17) is 4.74 Å². The van der Waals surface area contributed by atoms with Gasteiger partial charge in [0.2, 0.25) is 5.91 Å². The van der Waals surface area contributed by atoms with Gasteiger partial charge in [0.25, 0.3) is 0 Å². The third-order valence-electron chi connectivity index (χ3n) is 4.45. The van der Waals surface area contributed by atoms with Gasteiger partial charge in [-0.05, 0) is 49.6 Å². The maximum absolute atomic E-state index is 12.1. The highest BCUT2D eigenvalue weighted by Crippen LogP contribution is 2.16. The average molecular weight is 351 g/mol. The van der Waals surface area contributed by atoms with Crippen molar-refractivity contribution in [3.8, 4) is 5.75 Å². The number of nitrogens with one attached hydrogen (secondary N) is 1. The highest BCUT2D eigenvalue weighted by atomic mass is 16.5. The van der Waals surface area contributed by atoms with E-state index in [0.717, 1.165) is 29.5 Å². The zero-order valence-corrected chi connectivity index (χ0v) is 15.4. The molecule has 0 fully saturated rings. The van der Waals surface area contributed by atoms with Gasteiger partial charge in [0, 0.05) is 18.4 Å². The van der Waals surface area contributed by atoms with Gasteiger partial charge >= 0.3 is 0 Å². The van der Waals surface area contributed by atoms with E-state index in [1.54, 1.807) is 7.11 Å². The normalized spacial score (nSPS) is 10.8. The van der Waals surface area contributed by atoms with Gasteiger partial charge in [-0.25, -0.2) is 0 Å². The molecule has 0 radical (unpaired) electrons. The highest BCUT2D eigenvalue weighted by molar-refractivity contribution is 5.80. The van der Waals surface area contributed by atoms with Crippen LogP contribution in [-0.2, 0) is 17.8 Å². The van der Waals surface area contributed by atoms with Crippen LogP contribution in [0.3, 0.4) is 0 Å². The molecule has 0 aliphatic carbocycles. The number of carbonyl (C=O) groups is 1. The molecule has 5 heteroatoms. The number of ether oxygens (including phenoxy) is 1. The molecule has 26 heavy (non-hydrogen) atoms. The number of benzene rings is 2. The lowest BCUT2D eigenvalue weighted by Gasteiger charge is -2.07. The summed E-state index contributed by atoms with van der Waals surface area (Å²) in [7, 11) is 1.67. The molecule has 3 rings (SSSR count). The molecule has 0 aliphatic heterocycles. The summed E-state index contributed by atoms with van der Waals surface area (Å²) in [5.74, 6) is 0.930. The van der Waals surface area contributed by atoms with E-state index in [2.05, 4.69) is 41.6 Å². The maximum atomic E-state index is 12.1. The Kier molecular flexibility index (Phi) is 5.89. The summed E-state index contributed by atoms with van der Waals surface area (Å²) in [6.45, 7) is 3.33. The Balaban J connectivity index is 1.41. The number of aryl methyl sites for hydroxylation is 3. The first-order valence-electron chi connectivity index (χ1n) is 8.97. The molecule has 1 amide bonds. The second-order valence-electron chi connectivity index (χ2n) is 6.49. The van der Waals surface area contributed by atoms with Crippen molar-refractivity contribution >= 4 is 16.8 Å². The topological polar surface area (TPSA) is 56.1 Å². The van der Waals surface area contributed by atoms with Crippen molar-refractivity contribution in [3.63, 3.8) is 0 Å². The Morgan fingerprint density at radius 3 is 2.96 bits per heavy atom. The van der Waals surface area contributed by atoms with Crippen LogP contribution in [0.5, 0.6) is 5.75 Å². The highest BCUT2D eigenvalue weighted by Gasteiger charge is 2.06. The van der Waals surface area contributed by atoms with Crippen molar-refractivity contribution in [2.75, 3.05) is 13.7 Å².